The third-order valence-corrected chi connectivity index (χ3v) is 4.13. The normalized spacial score (nSPS) is 19.6. The minimum Gasteiger partial charge on any atom is -0.480 e. The zero-order valence-corrected chi connectivity index (χ0v) is 12.6. The fourth-order valence-corrected chi connectivity index (χ4v) is 2.53. The van der Waals surface area contributed by atoms with Crippen molar-refractivity contribution in [3.8, 4) is 0 Å². The summed E-state index contributed by atoms with van der Waals surface area (Å²) in [6.45, 7) is 7.64. The van der Waals surface area contributed by atoms with Crippen molar-refractivity contribution in [1.82, 2.24) is 10.2 Å². The number of carbonyl (C=O) groups is 3. The molecular formula is C14H24N2O4. The van der Waals surface area contributed by atoms with E-state index in [4.69, 9.17) is 0 Å². The van der Waals surface area contributed by atoms with Crippen LogP contribution in [0.1, 0.15) is 47.0 Å². The molecule has 2 amide bonds. The molecule has 1 aliphatic rings. The lowest BCUT2D eigenvalue weighted by Crippen LogP contribution is -2.55. The van der Waals surface area contributed by atoms with Crippen molar-refractivity contribution in [2.75, 3.05) is 6.54 Å². The maximum Gasteiger partial charge on any atom is 0.329 e. The van der Waals surface area contributed by atoms with Crippen molar-refractivity contribution >= 4 is 17.8 Å². The molecular weight excluding hydrogens is 260 g/mol. The highest BCUT2D eigenvalue weighted by molar-refractivity contribution is 5.92. The molecule has 20 heavy (non-hydrogen) atoms. The van der Waals surface area contributed by atoms with Crippen molar-refractivity contribution in [2.24, 2.45) is 5.92 Å². The molecule has 0 saturated carbocycles. The molecule has 0 aromatic rings. The second-order valence-corrected chi connectivity index (χ2v) is 5.62. The van der Waals surface area contributed by atoms with E-state index in [-0.39, 0.29) is 24.3 Å². The molecule has 0 spiro atoms. The lowest BCUT2D eigenvalue weighted by molar-refractivity contribution is -0.148. The predicted octanol–water partition coefficient (Wildman–Crippen LogP) is 1.00. The van der Waals surface area contributed by atoms with Gasteiger partial charge in [0, 0.05) is 19.0 Å². The first-order valence-corrected chi connectivity index (χ1v) is 7.12. The van der Waals surface area contributed by atoms with Gasteiger partial charge in [-0.15, -0.1) is 0 Å². The molecule has 0 aliphatic carbocycles. The van der Waals surface area contributed by atoms with E-state index in [2.05, 4.69) is 5.32 Å². The minimum absolute atomic E-state index is 0.0472. The molecule has 114 valence electrons. The van der Waals surface area contributed by atoms with Crippen LogP contribution < -0.4 is 5.32 Å². The van der Waals surface area contributed by atoms with Gasteiger partial charge in [0.2, 0.25) is 11.8 Å². The second-order valence-electron chi connectivity index (χ2n) is 5.62. The average Bonchev–Trinajstić information content (AvgIpc) is 2.77. The largest absolute Gasteiger partial charge is 0.480 e. The van der Waals surface area contributed by atoms with Gasteiger partial charge in [-0.1, -0.05) is 13.8 Å². The third-order valence-electron chi connectivity index (χ3n) is 4.13. The number of hydrogen-bond donors (Lipinski definition) is 2. The molecule has 1 heterocycles. The van der Waals surface area contributed by atoms with E-state index >= 15 is 0 Å². The summed E-state index contributed by atoms with van der Waals surface area (Å²) in [6, 6.07) is 0.0573. The van der Waals surface area contributed by atoms with Gasteiger partial charge in [0.05, 0.1) is 5.92 Å². The second kappa shape index (κ2) is 6.24. The number of likely N-dealkylation sites (tertiary alicyclic amines) is 1. The Morgan fingerprint density at radius 3 is 2.30 bits per heavy atom. The molecule has 1 unspecified atom stereocenters. The first-order chi connectivity index (χ1) is 9.27. The van der Waals surface area contributed by atoms with E-state index in [0.717, 1.165) is 0 Å². The van der Waals surface area contributed by atoms with Crippen LogP contribution in [0, 0.1) is 5.92 Å². The first-order valence-electron chi connectivity index (χ1n) is 7.12. The van der Waals surface area contributed by atoms with E-state index in [9.17, 15) is 19.5 Å². The summed E-state index contributed by atoms with van der Waals surface area (Å²) < 4.78 is 0. The fourth-order valence-electron chi connectivity index (χ4n) is 2.53. The fraction of sp³-hybridized carbons (Fsp3) is 0.786. The summed E-state index contributed by atoms with van der Waals surface area (Å²) in [4.78, 5) is 37.1. The first kappa shape index (κ1) is 16.5. The Hall–Kier alpha value is -1.59. The molecule has 1 rings (SSSR count). The van der Waals surface area contributed by atoms with E-state index in [1.807, 2.05) is 13.8 Å². The summed E-state index contributed by atoms with van der Waals surface area (Å²) in [7, 11) is 0. The van der Waals surface area contributed by atoms with Crippen LogP contribution in [0.15, 0.2) is 0 Å². The lowest BCUT2D eigenvalue weighted by Gasteiger charge is -2.29. The zero-order chi connectivity index (χ0) is 15.5. The van der Waals surface area contributed by atoms with Crippen molar-refractivity contribution in [1.29, 1.82) is 0 Å². The maximum absolute atomic E-state index is 12.2. The lowest BCUT2D eigenvalue weighted by atomic mass is 9.91. The number of hydrogen-bond acceptors (Lipinski definition) is 3. The smallest absolute Gasteiger partial charge is 0.329 e. The van der Waals surface area contributed by atoms with Crippen LogP contribution in [-0.4, -0.2) is 45.9 Å². The SMILES string of the molecule is CCC(CC)(NC(=O)C1CC(=O)N(C(C)C)C1)C(=O)O. The Morgan fingerprint density at radius 1 is 1.40 bits per heavy atom. The van der Waals surface area contributed by atoms with Crippen LogP contribution in [0.2, 0.25) is 0 Å². The highest BCUT2D eigenvalue weighted by Crippen LogP contribution is 2.23. The van der Waals surface area contributed by atoms with Gasteiger partial charge in [-0.05, 0) is 26.7 Å². The Bertz CT molecular complexity index is 402. The van der Waals surface area contributed by atoms with Gasteiger partial charge >= 0.3 is 5.97 Å². The molecule has 0 aromatic heterocycles. The average molecular weight is 284 g/mol. The molecule has 1 aliphatic heterocycles. The van der Waals surface area contributed by atoms with Gasteiger partial charge in [-0.3, -0.25) is 9.59 Å². The number of nitrogens with zero attached hydrogens (tertiary/aromatic N) is 1. The van der Waals surface area contributed by atoms with Gasteiger partial charge in [0.15, 0.2) is 0 Å². The number of aliphatic carboxylic acids is 1. The number of carbonyl (C=O) groups excluding carboxylic acids is 2. The van der Waals surface area contributed by atoms with Crippen LogP contribution in [0.4, 0.5) is 0 Å². The van der Waals surface area contributed by atoms with Gasteiger partial charge in [0.25, 0.3) is 0 Å². The van der Waals surface area contributed by atoms with Crippen LogP contribution >= 0.6 is 0 Å². The van der Waals surface area contributed by atoms with Crippen molar-refractivity contribution in [2.45, 2.75) is 58.5 Å². The van der Waals surface area contributed by atoms with Crippen molar-refractivity contribution < 1.29 is 19.5 Å². The third kappa shape index (κ3) is 3.11. The van der Waals surface area contributed by atoms with Gasteiger partial charge in [-0.25, -0.2) is 4.79 Å². The van der Waals surface area contributed by atoms with Crippen molar-refractivity contribution in [3.05, 3.63) is 0 Å². The van der Waals surface area contributed by atoms with Gasteiger partial charge in [-0.2, -0.15) is 0 Å². The summed E-state index contributed by atoms with van der Waals surface area (Å²) in [5.74, 6) is -1.87. The van der Waals surface area contributed by atoms with Crippen LogP contribution in [0.3, 0.4) is 0 Å². The molecule has 0 bridgehead atoms. The van der Waals surface area contributed by atoms with Crippen molar-refractivity contribution in [3.63, 3.8) is 0 Å². The number of carboxylic acids is 1. The van der Waals surface area contributed by atoms with Crippen LogP contribution in [-0.2, 0) is 14.4 Å². The molecule has 1 fully saturated rings. The van der Waals surface area contributed by atoms with E-state index < -0.39 is 17.4 Å². The summed E-state index contributed by atoms with van der Waals surface area (Å²) in [5.41, 5.74) is -1.23. The number of carboxylic acid groups (broad SMARTS) is 1. The highest BCUT2D eigenvalue weighted by Gasteiger charge is 2.41. The topological polar surface area (TPSA) is 86.7 Å². The quantitative estimate of drug-likeness (QED) is 0.762. The van der Waals surface area contributed by atoms with E-state index in [0.29, 0.717) is 19.4 Å². The molecule has 2 N–H and O–H groups in total. The summed E-state index contributed by atoms with van der Waals surface area (Å²) in [5, 5.41) is 11.9. The van der Waals surface area contributed by atoms with Gasteiger partial charge < -0.3 is 15.3 Å². The summed E-state index contributed by atoms with van der Waals surface area (Å²) in [6.07, 6.45) is 0.797. The number of rotatable bonds is 6. The standard InChI is InChI=1S/C14H24N2O4/c1-5-14(6-2,13(19)20)15-12(18)10-7-11(17)16(8-10)9(3)4/h9-10H,5-8H2,1-4H3,(H,15,18)(H,19,20). The molecule has 1 saturated heterocycles. The Balaban J connectivity index is 2.77. The zero-order valence-electron chi connectivity index (χ0n) is 12.6. The Labute approximate surface area is 119 Å². The Morgan fingerprint density at radius 2 is 1.95 bits per heavy atom. The van der Waals surface area contributed by atoms with Gasteiger partial charge in [0.1, 0.15) is 5.54 Å². The van der Waals surface area contributed by atoms with Crippen LogP contribution in [0.25, 0.3) is 0 Å². The van der Waals surface area contributed by atoms with Crippen LogP contribution in [0.5, 0.6) is 0 Å². The number of nitrogens with one attached hydrogen (secondary N) is 1. The molecule has 1 atom stereocenters. The summed E-state index contributed by atoms with van der Waals surface area (Å²) >= 11 is 0. The molecule has 6 nitrogen and oxygen atoms in total. The minimum atomic E-state index is -1.23. The Kier molecular flexibility index (Phi) is 5.14. The van der Waals surface area contributed by atoms with E-state index in [1.54, 1.807) is 18.7 Å². The molecule has 0 aromatic carbocycles. The highest BCUT2D eigenvalue weighted by atomic mass is 16.4. The van der Waals surface area contributed by atoms with E-state index in [1.165, 1.54) is 0 Å². The monoisotopic (exact) mass is 284 g/mol. The predicted molar refractivity (Wildman–Crippen MR) is 74.0 cm³/mol. The molecule has 0 radical (unpaired) electrons. The molecule has 6 heteroatoms. The number of amides is 2. The maximum atomic E-state index is 12.2.